The molecule has 16 aromatic rings. The van der Waals surface area contributed by atoms with Gasteiger partial charge < -0.3 is 56.2 Å². The van der Waals surface area contributed by atoms with E-state index >= 15 is 0 Å². The van der Waals surface area contributed by atoms with Gasteiger partial charge in [0.15, 0.2) is 0 Å². The minimum absolute atomic E-state index is 0.0644. The summed E-state index contributed by atoms with van der Waals surface area (Å²) < 4.78 is 115. The highest BCUT2D eigenvalue weighted by molar-refractivity contribution is 6.06. The molecule has 10 N–H and O–H groups in total. The number of phenols is 1. The maximum atomic E-state index is 14.3. The van der Waals surface area contributed by atoms with Crippen LogP contribution < -0.4 is 26.0 Å². The van der Waals surface area contributed by atoms with Crippen molar-refractivity contribution in [3.8, 4) is 56.0 Å². The number of carbonyl (C=O) groups is 4. The summed E-state index contributed by atoms with van der Waals surface area (Å²) in [6.45, 7) is 3.08. The van der Waals surface area contributed by atoms with Crippen molar-refractivity contribution in [1.29, 1.82) is 0 Å². The highest BCUT2D eigenvalue weighted by Crippen LogP contribution is 2.36. The van der Waals surface area contributed by atoms with Crippen LogP contribution in [0.3, 0.4) is 0 Å². The Balaban J connectivity index is 0.000000133. The van der Waals surface area contributed by atoms with Crippen LogP contribution in [0.1, 0.15) is 76.7 Å². The SMILES string of the molecule is CCOc1cccc(-c2cc(F)cc3cc(C(=O)NCc4cccc(F)c4)[nH]c23)c1.O=C(NCc1cccc(F)c1)c1cc2cc(F)cc(-c3ccc(CO)cc3)c2[nH]1.O=C(NCc1cccc(F)c1)c1cc2cc(F)cc(-c3cccc(O)c3)c2[nH]1.O=C(NCc1cccc(F)c1)c1cc2cc(F)cc(-c3ccccc3)c2[nH]1. The predicted molar refractivity (Wildman–Crippen MR) is 424 cm³/mol. The average molecular weight is 1540 g/mol. The van der Waals surface area contributed by atoms with Crippen LogP contribution in [0, 0.1) is 46.5 Å². The van der Waals surface area contributed by atoms with E-state index in [0.29, 0.717) is 117 Å². The maximum Gasteiger partial charge on any atom is 0.267 e. The topological polar surface area (TPSA) is 229 Å². The highest BCUT2D eigenvalue weighted by atomic mass is 19.2. The first kappa shape index (κ1) is 77.8. The van der Waals surface area contributed by atoms with E-state index in [1.807, 2.05) is 61.5 Å². The highest BCUT2D eigenvalue weighted by Gasteiger charge is 2.21. The van der Waals surface area contributed by atoms with Crippen molar-refractivity contribution >= 4 is 67.2 Å². The number of hydrogen-bond acceptors (Lipinski definition) is 7. The lowest BCUT2D eigenvalue weighted by atomic mass is 10.0. The second kappa shape index (κ2) is 35.6. The molecule has 0 atom stereocenters. The van der Waals surface area contributed by atoms with Gasteiger partial charge in [0, 0.05) is 70.0 Å². The minimum Gasteiger partial charge on any atom is -0.508 e. The number of H-pyrrole nitrogens is 4. The van der Waals surface area contributed by atoms with Gasteiger partial charge in [-0.1, -0.05) is 127 Å². The van der Waals surface area contributed by atoms with E-state index in [1.54, 1.807) is 109 Å². The molecule has 0 saturated carbocycles. The van der Waals surface area contributed by atoms with Crippen LogP contribution in [0.15, 0.2) is 273 Å². The van der Waals surface area contributed by atoms with Gasteiger partial charge in [-0.3, -0.25) is 19.2 Å². The Morgan fingerprint density at radius 3 is 0.939 bits per heavy atom. The van der Waals surface area contributed by atoms with Gasteiger partial charge in [-0.25, -0.2) is 35.1 Å². The Kier molecular flexibility index (Phi) is 24.3. The second-order valence-corrected chi connectivity index (χ2v) is 26.4. The summed E-state index contributed by atoms with van der Waals surface area (Å²) in [5.41, 5.74) is 12.6. The summed E-state index contributed by atoms with van der Waals surface area (Å²) >= 11 is 0. The molecule has 15 nitrogen and oxygen atoms in total. The van der Waals surface area contributed by atoms with Gasteiger partial charge in [0.05, 0.1) is 35.3 Å². The molecule has 0 aliphatic carbocycles. The number of aliphatic hydroxyl groups is 1. The summed E-state index contributed by atoms with van der Waals surface area (Å²) in [5, 5.41) is 32.2. The van der Waals surface area contributed by atoms with Crippen molar-refractivity contribution in [3.63, 3.8) is 0 Å². The van der Waals surface area contributed by atoms with E-state index in [9.17, 15) is 64.5 Å². The third-order valence-electron chi connectivity index (χ3n) is 18.3. The predicted octanol–water partition coefficient (Wildman–Crippen LogP) is 19.8. The summed E-state index contributed by atoms with van der Waals surface area (Å²) in [6, 6.07) is 71.9. The molecule has 23 heteroatoms. The Morgan fingerprint density at radius 1 is 0.307 bits per heavy atom. The molecule has 0 unspecified atom stereocenters. The van der Waals surface area contributed by atoms with Crippen LogP contribution >= 0.6 is 0 Å². The minimum atomic E-state index is -0.448. The third-order valence-corrected chi connectivity index (χ3v) is 18.3. The van der Waals surface area contributed by atoms with E-state index in [4.69, 9.17) is 4.74 Å². The van der Waals surface area contributed by atoms with Gasteiger partial charge in [0.25, 0.3) is 23.6 Å². The Labute approximate surface area is 647 Å². The van der Waals surface area contributed by atoms with Gasteiger partial charge in [-0.15, -0.1) is 0 Å². The third kappa shape index (κ3) is 19.4. The van der Waals surface area contributed by atoms with Crippen molar-refractivity contribution in [2.75, 3.05) is 6.61 Å². The first-order chi connectivity index (χ1) is 55.1. The van der Waals surface area contributed by atoms with Crippen molar-refractivity contribution in [2.45, 2.75) is 39.7 Å². The van der Waals surface area contributed by atoms with E-state index in [-0.39, 0.29) is 103 Å². The fraction of sp³-hybridized carbons (Fsp3) is 0.0769. The number of phenolic OH excluding ortho intramolecular Hbond substituents is 1. The van der Waals surface area contributed by atoms with Crippen LogP contribution in [0.5, 0.6) is 11.5 Å². The number of benzene rings is 12. The molecule has 0 fully saturated rings. The monoisotopic (exact) mass is 1540 g/mol. The number of ether oxygens (including phenoxy) is 1. The van der Waals surface area contributed by atoms with Crippen molar-refractivity contribution in [2.24, 2.45) is 0 Å². The van der Waals surface area contributed by atoms with Crippen LogP contribution in [0.2, 0.25) is 0 Å². The standard InChI is InChI=1S/C24H20F2N2O2.C23H18F2N2O2.C22H16F2N2O2.C22H16F2N2O/c1-2-30-20-8-4-6-16(11-20)21-13-19(26)10-17-12-22(28-23(17)21)24(29)27-14-15-5-3-7-18(25)9-15;24-18-3-1-2-15(8-18)12-26-23(29)21-10-17-9-19(25)11-20(22(17)27-21)16-6-4-14(13-28)5-7-16;23-16-5-1-3-13(7-16)12-25-22(28)20-10-15-8-17(24)11-19(21(15)26-20)14-4-2-6-18(27)9-14;23-17-8-4-5-14(9-17)13-25-22(27)20-11-16-10-18(24)12-19(21(16)26-20)15-6-2-1-3-7-15/h3-13,28H,2,14H2,1H3,(H,27,29);1-11,27-28H,12-13H2,(H,26,29);1-11,26-27H,12H2,(H,25,28);1-12,26H,13H2,(H,25,27). The fourth-order valence-electron chi connectivity index (χ4n) is 12.9. The van der Waals surface area contributed by atoms with Gasteiger partial charge in [-0.05, 0) is 203 Å². The Hall–Kier alpha value is -14.3. The van der Waals surface area contributed by atoms with Crippen LogP contribution in [-0.4, -0.2) is 60.4 Å². The number of carbonyl (C=O) groups excluding carboxylic acids is 4. The molecule has 0 saturated heterocycles. The second-order valence-electron chi connectivity index (χ2n) is 26.4. The number of halogens is 8. The smallest absolute Gasteiger partial charge is 0.267 e. The molecule has 16 rings (SSSR count). The number of amides is 4. The summed E-state index contributed by atoms with van der Waals surface area (Å²) in [4.78, 5) is 62.4. The maximum absolute atomic E-state index is 14.3. The number of nitrogens with one attached hydrogen (secondary N) is 8. The van der Waals surface area contributed by atoms with Crippen molar-refractivity contribution < 1.29 is 69.3 Å². The van der Waals surface area contributed by atoms with Gasteiger partial charge in [0.1, 0.15) is 80.8 Å². The van der Waals surface area contributed by atoms with Crippen LogP contribution in [-0.2, 0) is 32.8 Å². The molecule has 4 amide bonds. The van der Waals surface area contributed by atoms with Crippen LogP contribution in [0.4, 0.5) is 35.1 Å². The Morgan fingerprint density at radius 2 is 0.614 bits per heavy atom. The van der Waals surface area contributed by atoms with Gasteiger partial charge >= 0.3 is 0 Å². The molecule has 0 aliphatic heterocycles. The molecule has 0 bridgehead atoms. The molecule has 0 aliphatic rings. The molecule has 12 aromatic carbocycles. The molecule has 0 spiro atoms. The summed E-state index contributed by atoms with van der Waals surface area (Å²) in [7, 11) is 0. The lowest BCUT2D eigenvalue weighted by Crippen LogP contribution is -2.23. The molecule has 114 heavy (non-hydrogen) atoms. The number of aromatic nitrogens is 4. The largest absolute Gasteiger partial charge is 0.508 e. The molecule has 4 aromatic heterocycles. The number of fused-ring (bicyclic) bond motifs is 4. The number of aromatic hydroxyl groups is 1. The van der Waals surface area contributed by atoms with Gasteiger partial charge in [0.2, 0.25) is 0 Å². The fourth-order valence-corrected chi connectivity index (χ4v) is 12.9. The zero-order valence-corrected chi connectivity index (χ0v) is 60.7. The summed E-state index contributed by atoms with van der Waals surface area (Å²) in [6.07, 6.45) is 0. The molecule has 572 valence electrons. The number of aliphatic hydroxyl groups excluding tert-OH is 1. The lowest BCUT2D eigenvalue weighted by Gasteiger charge is -2.08. The van der Waals surface area contributed by atoms with Gasteiger partial charge in [-0.2, -0.15) is 0 Å². The van der Waals surface area contributed by atoms with Crippen molar-refractivity contribution in [1.82, 2.24) is 41.2 Å². The number of rotatable bonds is 19. The van der Waals surface area contributed by atoms with Crippen LogP contribution in [0.25, 0.3) is 88.1 Å². The normalized spacial score (nSPS) is 10.9. The Bertz CT molecular complexity index is 6200. The molecular formula is C91H70F8N8O7. The van der Waals surface area contributed by atoms with E-state index in [0.717, 1.165) is 22.3 Å². The van der Waals surface area contributed by atoms with E-state index in [2.05, 4.69) is 41.2 Å². The first-order valence-corrected chi connectivity index (χ1v) is 35.8. The molecule has 4 heterocycles. The average Bonchev–Trinajstić information content (AvgIpc) is 1.64. The zero-order valence-electron chi connectivity index (χ0n) is 60.7. The number of hydrogen-bond donors (Lipinski definition) is 10. The lowest BCUT2D eigenvalue weighted by molar-refractivity contribution is 0.0939. The number of aromatic amines is 4. The molecule has 0 radical (unpaired) electrons. The quantitative estimate of drug-likeness (QED) is 0.0352. The summed E-state index contributed by atoms with van der Waals surface area (Å²) in [5.74, 6) is -3.77. The first-order valence-electron chi connectivity index (χ1n) is 35.8. The van der Waals surface area contributed by atoms with E-state index < -0.39 is 17.5 Å². The molecular weight excluding hydrogens is 1470 g/mol. The van der Waals surface area contributed by atoms with E-state index in [1.165, 1.54) is 109 Å². The van der Waals surface area contributed by atoms with Crippen molar-refractivity contribution in [3.05, 3.63) is 370 Å². The zero-order chi connectivity index (χ0) is 79.9.